The third-order valence-electron chi connectivity index (χ3n) is 3.60. The Morgan fingerprint density at radius 3 is 2.46 bits per heavy atom. The van der Waals surface area contributed by atoms with E-state index >= 15 is 0 Å². The monoisotopic (exact) mass is 363 g/mol. The Bertz CT molecular complexity index is 850. The van der Waals surface area contributed by atoms with Gasteiger partial charge in [0.15, 0.2) is 5.82 Å². The number of pyridine rings is 1. The summed E-state index contributed by atoms with van der Waals surface area (Å²) in [5.41, 5.74) is 3.20. The average Bonchev–Trinajstić information content (AvgIpc) is 3.06. The zero-order chi connectivity index (χ0) is 19.7. The summed E-state index contributed by atoms with van der Waals surface area (Å²) in [6.07, 6.45) is 4.20. The van der Waals surface area contributed by atoms with E-state index in [2.05, 4.69) is 10.3 Å². The highest BCUT2D eigenvalue weighted by molar-refractivity contribution is 5.72. The molecule has 0 unspecified atom stereocenters. The molecule has 0 aliphatic carbocycles. The summed E-state index contributed by atoms with van der Waals surface area (Å²) in [7, 11) is 0.500. The fraction of sp³-hybridized carbons (Fsp3) is 0.300. The van der Waals surface area contributed by atoms with Gasteiger partial charge in [-0.2, -0.15) is 0 Å². The number of carbonyl (C=O) groups excluding carboxylic acids is 1. The van der Waals surface area contributed by atoms with E-state index in [0.29, 0.717) is 25.0 Å². The Hall–Kier alpha value is -2.76. The lowest BCUT2D eigenvalue weighted by Gasteiger charge is -2.14. The van der Waals surface area contributed by atoms with Crippen molar-refractivity contribution in [2.45, 2.75) is 33.6 Å². The van der Waals surface area contributed by atoms with Gasteiger partial charge >= 0.3 is 0 Å². The Morgan fingerprint density at radius 2 is 1.85 bits per heavy atom. The largest absolute Gasteiger partial charge is 0.312 e. The van der Waals surface area contributed by atoms with Crippen LogP contribution in [-0.2, 0) is 4.79 Å². The van der Waals surface area contributed by atoms with E-state index in [1.165, 1.54) is 6.07 Å². The van der Waals surface area contributed by atoms with Gasteiger partial charge < -0.3 is 9.72 Å². The number of rotatable bonds is 4. The first-order valence-electron chi connectivity index (χ1n) is 8.45. The lowest BCUT2D eigenvalue weighted by molar-refractivity contribution is -0.105. The number of carbonyl (C=O) groups is 1. The average molecular weight is 363 g/mol. The maximum Gasteiger partial charge on any atom is 0.212 e. The van der Waals surface area contributed by atoms with Crippen LogP contribution in [0.15, 0.2) is 42.7 Å². The Labute approximate surface area is 154 Å². The molecule has 0 aliphatic rings. The molecule has 0 saturated heterocycles. The number of imidazole rings is 1. The topological polar surface area (TPSA) is 46.4 Å². The third kappa shape index (κ3) is 4.65. The van der Waals surface area contributed by atoms with E-state index < -0.39 is 0 Å². The normalized spacial score (nSPS) is 9.85. The quantitative estimate of drug-likeness (QED) is 0.605. The van der Waals surface area contributed by atoms with Crippen molar-refractivity contribution in [1.29, 1.82) is 0 Å². The first-order valence-corrected chi connectivity index (χ1v) is 8.45. The van der Waals surface area contributed by atoms with Gasteiger partial charge in [-0.25, -0.2) is 9.37 Å². The lowest BCUT2D eigenvalue weighted by atomic mass is 9.93. The summed E-state index contributed by atoms with van der Waals surface area (Å²) >= 11 is 0. The first kappa shape index (κ1) is 21.3. The second-order valence-corrected chi connectivity index (χ2v) is 5.43. The first-order chi connectivity index (χ1) is 12.6. The minimum absolute atomic E-state index is 0. The van der Waals surface area contributed by atoms with E-state index in [4.69, 9.17) is 0 Å². The molecule has 26 heavy (non-hydrogen) atoms. The number of alkyl halides is 1. The van der Waals surface area contributed by atoms with E-state index in [1.54, 1.807) is 12.3 Å². The van der Waals surface area contributed by atoms with Crippen molar-refractivity contribution in [1.82, 2.24) is 9.38 Å². The van der Waals surface area contributed by atoms with Crippen molar-refractivity contribution in [3.8, 4) is 11.1 Å². The van der Waals surface area contributed by atoms with Gasteiger partial charge in [0, 0.05) is 7.62 Å². The number of nitrogens with zero attached hydrogens (tertiary/aromatic N) is 2. The number of fused-ring (bicyclic) bond motifs is 1. The number of aromatic nitrogens is 2. The summed E-state index contributed by atoms with van der Waals surface area (Å²) in [5.74, 6) is 0.374. The maximum atomic E-state index is 14.1. The number of nitrogens with one attached hydrogen (secondary N) is 1. The number of halogens is 2. The van der Waals surface area contributed by atoms with Crippen molar-refractivity contribution in [2.24, 2.45) is 0 Å². The summed E-state index contributed by atoms with van der Waals surface area (Å²) < 4.78 is 25.5. The number of hydrogen-bond donors (Lipinski definition) is 1. The van der Waals surface area contributed by atoms with E-state index in [0.717, 1.165) is 16.8 Å². The van der Waals surface area contributed by atoms with Gasteiger partial charge in [0.25, 0.3) is 0 Å². The molecule has 0 atom stereocenters. The molecule has 3 aromatic rings. The molecule has 0 fully saturated rings. The van der Waals surface area contributed by atoms with Gasteiger partial charge in [0.1, 0.15) is 11.5 Å². The van der Waals surface area contributed by atoms with Crippen LogP contribution in [0, 0.1) is 5.82 Å². The van der Waals surface area contributed by atoms with Crippen molar-refractivity contribution in [3.63, 3.8) is 0 Å². The van der Waals surface area contributed by atoms with Gasteiger partial charge in [0.2, 0.25) is 6.41 Å². The molecule has 142 valence electrons. The van der Waals surface area contributed by atoms with Crippen molar-refractivity contribution >= 4 is 17.9 Å². The molecular weight excluding hydrogens is 336 g/mol. The summed E-state index contributed by atoms with van der Waals surface area (Å²) in [6, 6.07) is 8.88. The highest BCUT2D eigenvalue weighted by atomic mass is 19.1. The molecule has 2 aromatic heterocycles. The zero-order valence-electron chi connectivity index (χ0n) is 15.8. The maximum absolute atomic E-state index is 14.1. The molecule has 1 aromatic carbocycles. The van der Waals surface area contributed by atoms with Gasteiger partial charge in [-0.1, -0.05) is 39.8 Å². The SMILES string of the molecule is CC.CC(C)c1c(F)cccc1-c1ccc2nc(NC=O)cn2c1.CF.[HH]. The fourth-order valence-electron chi connectivity index (χ4n) is 2.66. The van der Waals surface area contributed by atoms with Gasteiger partial charge in [-0.3, -0.25) is 9.18 Å². The molecule has 6 heteroatoms. The number of anilines is 1. The molecular formula is C20H27F2N3O. The van der Waals surface area contributed by atoms with Crippen molar-refractivity contribution in [3.05, 3.63) is 54.1 Å². The molecule has 3 rings (SSSR count). The van der Waals surface area contributed by atoms with Gasteiger partial charge in [-0.15, -0.1) is 0 Å². The molecule has 0 saturated carbocycles. The van der Waals surface area contributed by atoms with Crippen LogP contribution in [0.5, 0.6) is 0 Å². The minimum atomic E-state index is -0.193. The third-order valence-corrected chi connectivity index (χ3v) is 3.60. The molecule has 0 radical (unpaired) electrons. The van der Waals surface area contributed by atoms with Crippen molar-refractivity contribution in [2.75, 3.05) is 12.5 Å². The molecule has 4 nitrogen and oxygen atoms in total. The Morgan fingerprint density at radius 1 is 1.15 bits per heavy atom. The van der Waals surface area contributed by atoms with Crippen LogP contribution in [0.4, 0.5) is 14.6 Å². The fourth-order valence-corrected chi connectivity index (χ4v) is 2.66. The molecule has 1 N–H and O–H groups in total. The van der Waals surface area contributed by atoms with Crippen LogP contribution >= 0.6 is 0 Å². The van der Waals surface area contributed by atoms with Crippen LogP contribution in [0.25, 0.3) is 16.8 Å². The van der Waals surface area contributed by atoms with E-state index in [1.807, 2.05) is 56.5 Å². The Balaban J connectivity index is 0.00000127. The lowest BCUT2D eigenvalue weighted by Crippen LogP contribution is -1.97. The molecule has 0 aliphatic heterocycles. The second kappa shape index (κ2) is 10.3. The zero-order valence-corrected chi connectivity index (χ0v) is 15.8. The summed E-state index contributed by atoms with van der Waals surface area (Å²) in [5, 5.41) is 2.52. The van der Waals surface area contributed by atoms with Crippen LogP contribution in [0.3, 0.4) is 0 Å². The van der Waals surface area contributed by atoms with E-state index in [-0.39, 0.29) is 13.2 Å². The number of amides is 1. The molecule has 2 heterocycles. The molecule has 1 amide bonds. The number of benzene rings is 1. The molecule has 0 spiro atoms. The predicted octanol–water partition coefficient (Wildman–Crippen LogP) is 5.69. The summed E-state index contributed by atoms with van der Waals surface area (Å²) in [6.45, 7) is 7.95. The highest BCUT2D eigenvalue weighted by Gasteiger charge is 2.14. The highest BCUT2D eigenvalue weighted by Crippen LogP contribution is 2.31. The Kier molecular flexibility index (Phi) is 8.42. The van der Waals surface area contributed by atoms with Crippen LogP contribution in [-0.4, -0.2) is 23.0 Å². The summed E-state index contributed by atoms with van der Waals surface area (Å²) in [4.78, 5) is 14.8. The predicted molar refractivity (Wildman–Crippen MR) is 105 cm³/mol. The van der Waals surface area contributed by atoms with Crippen LogP contribution in [0.2, 0.25) is 0 Å². The van der Waals surface area contributed by atoms with E-state index in [9.17, 15) is 13.6 Å². The minimum Gasteiger partial charge on any atom is -0.312 e. The second-order valence-electron chi connectivity index (χ2n) is 5.43. The number of hydrogen-bond acceptors (Lipinski definition) is 2. The van der Waals surface area contributed by atoms with Crippen LogP contribution in [0.1, 0.15) is 40.6 Å². The van der Waals surface area contributed by atoms with Gasteiger partial charge in [-0.05, 0) is 40.8 Å². The van der Waals surface area contributed by atoms with Crippen LogP contribution < -0.4 is 5.32 Å². The standard InChI is InChI=1S/C17H16FN3O.C2H6.CH3F.H2/c1-11(2)17-13(4-3-5-14(17)18)12-6-7-16-20-15(19-10-22)9-21(16)8-12;2*1-2;/h3-11H,1-2H3,(H,19,22);1-2H3;1H3;1H. The molecule has 0 bridgehead atoms. The van der Waals surface area contributed by atoms with Gasteiger partial charge in [0.05, 0.1) is 13.4 Å². The smallest absolute Gasteiger partial charge is 0.212 e. The van der Waals surface area contributed by atoms with Crippen molar-refractivity contribution < 1.29 is 15.0 Å².